The van der Waals surface area contributed by atoms with Crippen LogP contribution >= 0.6 is 11.6 Å². The molecule has 0 aliphatic rings. The number of anilines is 1. The highest BCUT2D eigenvalue weighted by atomic mass is 35.5. The van der Waals surface area contributed by atoms with Crippen molar-refractivity contribution in [3.63, 3.8) is 0 Å². The maximum absolute atomic E-state index is 12.0. The largest absolute Gasteiger partial charge is 0.435 e. The number of alkyl halides is 2. The zero-order chi connectivity index (χ0) is 15.2. The fraction of sp³-hybridized carbons (Fsp3) is 0.200. The molecule has 0 aliphatic heterocycles. The minimum Gasteiger partial charge on any atom is -0.435 e. The third-order valence-electron chi connectivity index (χ3n) is 2.84. The van der Waals surface area contributed by atoms with Crippen molar-refractivity contribution in [3.05, 3.63) is 59.1 Å². The third kappa shape index (κ3) is 4.58. The average molecular weight is 314 g/mol. The minimum absolute atomic E-state index is 0.0854. The van der Waals surface area contributed by atoms with E-state index in [1.807, 2.05) is 0 Å². The standard InChI is InChI=1S/C15H14ClF2NO2/c16-13-4-2-1-3-12(13)14(20)9-19-10-5-7-11(8-6-10)21-15(17)18/h1-8,14-15,19-20H,9H2. The van der Waals surface area contributed by atoms with Gasteiger partial charge in [0.15, 0.2) is 0 Å². The van der Waals surface area contributed by atoms with Crippen LogP contribution in [0.5, 0.6) is 5.75 Å². The van der Waals surface area contributed by atoms with Gasteiger partial charge < -0.3 is 15.2 Å². The van der Waals surface area contributed by atoms with E-state index in [0.29, 0.717) is 16.3 Å². The van der Waals surface area contributed by atoms with Gasteiger partial charge >= 0.3 is 6.61 Å². The van der Waals surface area contributed by atoms with Gasteiger partial charge in [-0.15, -0.1) is 0 Å². The predicted octanol–water partition coefficient (Wildman–Crippen LogP) is 4.09. The maximum Gasteiger partial charge on any atom is 0.387 e. The third-order valence-corrected chi connectivity index (χ3v) is 3.19. The lowest BCUT2D eigenvalue weighted by atomic mass is 10.1. The van der Waals surface area contributed by atoms with Gasteiger partial charge in [0.2, 0.25) is 0 Å². The van der Waals surface area contributed by atoms with E-state index in [-0.39, 0.29) is 12.3 Å². The molecule has 3 nitrogen and oxygen atoms in total. The summed E-state index contributed by atoms with van der Waals surface area (Å²) in [4.78, 5) is 0. The molecule has 0 heterocycles. The second kappa shape index (κ2) is 7.24. The Kier molecular flexibility index (Phi) is 5.36. The number of aliphatic hydroxyl groups is 1. The van der Waals surface area contributed by atoms with Crippen LogP contribution in [0.25, 0.3) is 0 Å². The first kappa shape index (κ1) is 15.5. The summed E-state index contributed by atoms with van der Waals surface area (Å²) in [5.41, 5.74) is 1.31. The van der Waals surface area contributed by atoms with E-state index < -0.39 is 12.7 Å². The number of aliphatic hydroxyl groups excluding tert-OH is 1. The van der Waals surface area contributed by atoms with Gasteiger partial charge in [0.05, 0.1) is 6.10 Å². The van der Waals surface area contributed by atoms with Gasteiger partial charge in [-0.3, -0.25) is 0 Å². The summed E-state index contributed by atoms with van der Waals surface area (Å²) in [6.45, 7) is -2.59. The van der Waals surface area contributed by atoms with Gasteiger partial charge in [-0.2, -0.15) is 8.78 Å². The number of halogens is 3. The molecule has 0 aromatic heterocycles. The van der Waals surface area contributed by atoms with E-state index >= 15 is 0 Å². The summed E-state index contributed by atoms with van der Waals surface area (Å²) in [5, 5.41) is 13.6. The molecule has 2 aromatic rings. The van der Waals surface area contributed by atoms with Gasteiger partial charge in [-0.05, 0) is 30.3 Å². The number of hydrogen-bond donors (Lipinski definition) is 2. The molecular formula is C15H14ClF2NO2. The van der Waals surface area contributed by atoms with E-state index in [9.17, 15) is 13.9 Å². The van der Waals surface area contributed by atoms with E-state index in [0.717, 1.165) is 0 Å². The number of rotatable bonds is 6. The number of ether oxygens (including phenoxy) is 1. The van der Waals surface area contributed by atoms with Gasteiger partial charge in [0, 0.05) is 22.8 Å². The highest BCUT2D eigenvalue weighted by molar-refractivity contribution is 6.31. The average Bonchev–Trinajstić information content (AvgIpc) is 2.46. The van der Waals surface area contributed by atoms with E-state index in [4.69, 9.17) is 11.6 Å². The molecule has 6 heteroatoms. The van der Waals surface area contributed by atoms with Gasteiger partial charge in [0.25, 0.3) is 0 Å². The summed E-state index contributed by atoms with van der Waals surface area (Å²) >= 11 is 5.99. The second-order valence-corrected chi connectivity index (χ2v) is 4.73. The Hall–Kier alpha value is -1.85. The fourth-order valence-corrected chi connectivity index (χ4v) is 2.09. The first-order chi connectivity index (χ1) is 10.1. The van der Waals surface area contributed by atoms with Crippen LogP contribution in [0.4, 0.5) is 14.5 Å². The monoisotopic (exact) mass is 313 g/mol. The molecule has 0 aliphatic carbocycles. The molecule has 2 rings (SSSR count). The Morgan fingerprint density at radius 2 is 1.76 bits per heavy atom. The zero-order valence-corrected chi connectivity index (χ0v) is 11.7. The highest BCUT2D eigenvalue weighted by Crippen LogP contribution is 2.23. The van der Waals surface area contributed by atoms with Crippen molar-refractivity contribution in [3.8, 4) is 5.75 Å². The first-order valence-corrected chi connectivity index (χ1v) is 6.65. The van der Waals surface area contributed by atoms with Crippen LogP contribution in [0.15, 0.2) is 48.5 Å². The Balaban J connectivity index is 1.92. The van der Waals surface area contributed by atoms with Gasteiger partial charge in [-0.1, -0.05) is 29.8 Å². The molecule has 112 valence electrons. The summed E-state index contributed by atoms with van der Waals surface area (Å²) < 4.78 is 28.3. The molecule has 0 spiro atoms. The van der Waals surface area contributed by atoms with Crippen molar-refractivity contribution in [2.75, 3.05) is 11.9 Å². The molecule has 2 aromatic carbocycles. The molecule has 0 saturated heterocycles. The van der Waals surface area contributed by atoms with Crippen LogP contribution in [0.3, 0.4) is 0 Å². The molecular weight excluding hydrogens is 300 g/mol. The molecule has 0 saturated carbocycles. The van der Waals surface area contributed by atoms with E-state index in [1.165, 1.54) is 12.1 Å². The SMILES string of the molecule is OC(CNc1ccc(OC(F)F)cc1)c1ccccc1Cl. The number of nitrogens with one attached hydrogen (secondary N) is 1. The van der Waals surface area contributed by atoms with Gasteiger partial charge in [0.1, 0.15) is 5.75 Å². The van der Waals surface area contributed by atoms with Crippen LogP contribution in [0.1, 0.15) is 11.7 Å². The highest BCUT2D eigenvalue weighted by Gasteiger charge is 2.10. The van der Waals surface area contributed by atoms with Crippen molar-refractivity contribution in [2.24, 2.45) is 0 Å². The molecule has 0 amide bonds. The minimum atomic E-state index is -2.84. The molecule has 0 radical (unpaired) electrons. The Bertz CT molecular complexity index is 578. The van der Waals surface area contributed by atoms with Crippen LogP contribution in [0, 0.1) is 0 Å². The second-order valence-electron chi connectivity index (χ2n) is 4.32. The van der Waals surface area contributed by atoms with Crippen molar-refractivity contribution >= 4 is 17.3 Å². The van der Waals surface area contributed by atoms with Crippen LogP contribution < -0.4 is 10.1 Å². The Morgan fingerprint density at radius 1 is 1.10 bits per heavy atom. The fourth-order valence-electron chi connectivity index (χ4n) is 1.82. The normalized spacial score (nSPS) is 12.2. The molecule has 1 unspecified atom stereocenters. The lowest BCUT2D eigenvalue weighted by Gasteiger charge is -2.14. The summed E-state index contributed by atoms with van der Waals surface area (Å²) in [5.74, 6) is 0.0854. The lowest BCUT2D eigenvalue weighted by Crippen LogP contribution is -2.12. The number of hydrogen-bond acceptors (Lipinski definition) is 3. The smallest absolute Gasteiger partial charge is 0.387 e. The van der Waals surface area contributed by atoms with Crippen molar-refractivity contribution in [2.45, 2.75) is 12.7 Å². The zero-order valence-electron chi connectivity index (χ0n) is 11.0. The molecule has 21 heavy (non-hydrogen) atoms. The molecule has 0 bridgehead atoms. The number of benzene rings is 2. The first-order valence-electron chi connectivity index (χ1n) is 6.27. The summed E-state index contributed by atoms with van der Waals surface area (Å²) in [7, 11) is 0. The van der Waals surface area contributed by atoms with E-state index in [2.05, 4.69) is 10.1 Å². The summed E-state index contributed by atoms with van der Waals surface area (Å²) in [6, 6.07) is 13.1. The molecule has 2 N–H and O–H groups in total. The van der Waals surface area contributed by atoms with Crippen LogP contribution in [0.2, 0.25) is 5.02 Å². The summed E-state index contributed by atoms with van der Waals surface area (Å²) in [6.07, 6.45) is -0.768. The topological polar surface area (TPSA) is 41.5 Å². The van der Waals surface area contributed by atoms with Crippen molar-refractivity contribution in [1.82, 2.24) is 0 Å². The predicted molar refractivity (Wildman–Crippen MR) is 78.0 cm³/mol. The maximum atomic E-state index is 12.0. The molecule has 0 fully saturated rings. The molecule has 1 atom stereocenters. The van der Waals surface area contributed by atoms with Crippen molar-refractivity contribution in [1.29, 1.82) is 0 Å². The Morgan fingerprint density at radius 3 is 2.38 bits per heavy atom. The lowest BCUT2D eigenvalue weighted by molar-refractivity contribution is -0.0498. The quantitative estimate of drug-likeness (QED) is 0.844. The van der Waals surface area contributed by atoms with Crippen LogP contribution in [-0.2, 0) is 0 Å². The van der Waals surface area contributed by atoms with E-state index in [1.54, 1.807) is 36.4 Å². The van der Waals surface area contributed by atoms with Gasteiger partial charge in [-0.25, -0.2) is 0 Å². The Labute approximate surface area is 126 Å². The van der Waals surface area contributed by atoms with Crippen LogP contribution in [-0.4, -0.2) is 18.3 Å². The van der Waals surface area contributed by atoms with Crippen molar-refractivity contribution < 1.29 is 18.6 Å².